The highest BCUT2D eigenvalue weighted by Crippen LogP contribution is 2.25. The number of piperidine rings is 1. The Balaban J connectivity index is 1.34. The number of likely N-dealkylation sites (tertiary alicyclic amines) is 1. The molecular weight excluding hydrogens is 318 g/mol. The van der Waals surface area contributed by atoms with Crippen molar-refractivity contribution in [3.63, 3.8) is 0 Å². The molecule has 0 unspecified atom stereocenters. The zero-order chi connectivity index (χ0) is 17.1. The summed E-state index contributed by atoms with van der Waals surface area (Å²) in [5, 5.41) is 2.28. The van der Waals surface area contributed by atoms with Crippen molar-refractivity contribution < 1.29 is 19.0 Å². The highest BCUT2D eigenvalue weighted by Gasteiger charge is 2.32. The summed E-state index contributed by atoms with van der Waals surface area (Å²) in [5.41, 5.74) is 0. The molecule has 0 spiro atoms. The molecule has 25 heavy (non-hydrogen) atoms. The molecule has 2 heterocycles. The maximum Gasteiger partial charge on any atom is 0.260 e. The third-order valence-electron chi connectivity index (χ3n) is 4.93. The topological polar surface area (TPSA) is 48.0 Å². The number of hydrogen-bond acceptors (Lipinski definition) is 4. The summed E-state index contributed by atoms with van der Waals surface area (Å²) in [6, 6.07) is 14.0. The Kier molecular flexibility index (Phi) is 4.85. The summed E-state index contributed by atoms with van der Waals surface area (Å²) in [6.45, 7) is 2.84. The molecule has 0 saturated carbocycles. The molecule has 0 N–H and O–H groups in total. The number of hydrogen-bond donors (Lipinski definition) is 0. The van der Waals surface area contributed by atoms with Crippen molar-refractivity contribution >= 4 is 16.7 Å². The van der Waals surface area contributed by atoms with Crippen LogP contribution >= 0.6 is 0 Å². The molecule has 1 atom stereocenters. The van der Waals surface area contributed by atoms with E-state index in [-0.39, 0.29) is 24.7 Å². The fourth-order valence-electron chi connectivity index (χ4n) is 3.60. The van der Waals surface area contributed by atoms with Crippen LogP contribution in [0.15, 0.2) is 42.5 Å². The Bertz CT molecular complexity index is 741. The van der Waals surface area contributed by atoms with Crippen LogP contribution in [0.2, 0.25) is 0 Å². The first kappa shape index (κ1) is 16.4. The molecule has 2 aromatic carbocycles. The van der Waals surface area contributed by atoms with Gasteiger partial charge in [0.15, 0.2) is 12.9 Å². The van der Waals surface area contributed by atoms with E-state index in [1.165, 1.54) is 0 Å². The second-order valence-corrected chi connectivity index (χ2v) is 6.65. The van der Waals surface area contributed by atoms with E-state index in [2.05, 4.69) is 6.07 Å². The predicted octanol–water partition coefficient (Wildman–Crippen LogP) is 2.83. The first-order valence-corrected chi connectivity index (χ1v) is 8.92. The van der Waals surface area contributed by atoms with Crippen LogP contribution in [0.3, 0.4) is 0 Å². The highest BCUT2D eigenvalue weighted by molar-refractivity contribution is 5.84. The van der Waals surface area contributed by atoms with E-state index in [1.54, 1.807) is 0 Å². The number of carbonyl (C=O) groups is 1. The maximum atomic E-state index is 12.5. The van der Waals surface area contributed by atoms with E-state index in [4.69, 9.17) is 14.2 Å². The Morgan fingerprint density at radius 1 is 1.12 bits per heavy atom. The van der Waals surface area contributed by atoms with Gasteiger partial charge >= 0.3 is 0 Å². The summed E-state index contributed by atoms with van der Waals surface area (Å²) >= 11 is 0. The number of nitrogens with zero attached hydrogens (tertiary/aromatic N) is 1. The average molecular weight is 341 g/mol. The number of ether oxygens (including phenoxy) is 3. The monoisotopic (exact) mass is 341 g/mol. The van der Waals surface area contributed by atoms with Gasteiger partial charge in [0, 0.05) is 19.0 Å². The predicted molar refractivity (Wildman–Crippen MR) is 94.4 cm³/mol. The normalized spacial score (nSPS) is 21.6. The van der Waals surface area contributed by atoms with Crippen LogP contribution in [-0.2, 0) is 14.3 Å². The number of amides is 1. The van der Waals surface area contributed by atoms with Crippen LogP contribution < -0.4 is 4.74 Å². The first-order chi connectivity index (χ1) is 12.3. The standard InChI is InChI=1S/C20H23NO4/c22-19(21-9-3-6-17(13-21)20-23-10-11-24-20)14-25-18-8-7-15-4-1-2-5-16(15)12-18/h1-2,4-5,7-8,12,17,20H,3,6,9-11,13-14H2/t17-/m0/s1. The van der Waals surface area contributed by atoms with Gasteiger partial charge in [-0.2, -0.15) is 0 Å². The van der Waals surface area contributed by atoms with Gasteiger partial charge in [-0.1, -0.05) is 30.3 Å². The van der Waals surface area contributed by atoms with Gasteiger partial charge in [-0.3, -0.25) is 4.79 Å². The van der Waals surface area contributed by atoms with Crippen molar-refractivity contribution in [3.8, 4) is 5.75 Å². The molecule has 0 radical (unpaired) electrons. The lowest BCUT2D eigenvalue weighted by Crippen LogP contribution is -2.45. The quantitative estimate of drug-likeness (QED) is 0.858. The van der Waals surface area contributed by atoms with E-state index in [0.717, 1.165) is 35.9 Å². The van der Waals surface area contributed by atoms with Crippen molar-refractivity contribution in [2.45, 2.75) is 19.1 Å². The van der Waals surface area contributed by atoms with E-state index in [9.17, 15) is 4.79 Å². The molecule has 132 valence electrons. The van der Waals surface area contributed by atoms with Crippen LogP contribution in [-0.4, -0.2) is 50.0 Å². The SMILES string of the molecule is O=C(COc1ccc2ccccc2c1)N1CCC[C@H](C2OCCO2)C1. The van der Waals surface area contributed by atoms with Crippen molar-refractivity contribution in [3.05, 3.63) is 42.5 Å². The van der Waals surface area contributed by atoms with Gasteiger partial charge < -0.3 is 19.1 Å². The van der Waals surface area contributed by atoms with Gasteiger partial charge in [-0.15, -0.1) is 0 Å². The Morgan fingerprint density at radius 2 is 1.92 bits per heavy atom. The largest absolute Gasteiger partial charge is 0.484 e. The fraction of sp³-hybridized carbons (Fsp3) is 0.450. The minimum absolute atomic E-state index is 0.0239. The van der Waals surface area contributed by atoms with Gasteiger partial charge in [0.1, 0.15) is 5.75 Å². The molecule has 1 amide bonds. The third-order valence-corrected chi connectivity index (χ3v) is 4.93. The molecular formula is C20H23NO4. The molecule has 2 saturated heterocycles. The molecule has 2 aromatic rings. The number of benzene rings is 2. The minimum atomic E-state index is -0.156. The number of fused-ring (bicyclic) bond motifs is 1. The molecule has 2 aliphatic heterocycles. The molecule has 0 bridgehead atoms. The lowest BCUT2D eigenvalue weighted by atomic mass is 9.97. The van der Waals surface area contributed by atoms with Crippen LogP contribution in [0.1, 0.15) is 12.8 Å². The average Bonchev–Trinajstić information content (AvgIpc) is 3.21. The third kappa shape index (κ3) is 3.78. The Morgan fingerprint density at radius 3 is 2.76 bits per heavy atom. The number of rotatable bonds is 4. The lowest BCUT2D eigenvalue weighted by molar-refractivity contribution is -0.141. The van der Waals surface area contributed by atoms with Crippen molar-refractivity contribution in [2.75, 3.05) is 32.9 Å². The molecule has 2 aliphatic rings. The smallest absolute Gasteiger partial charge is 0.260 e. The maximum absolute atomic E-state index is 12.5. The zero-order valence-electron chi connectivity index (χ0n) is 14.2. The van der Waals surface area contributed by atoms with Crippen molar-refractivity contribution in [1.29, 1.82) is 0 Å². The lowest BCUT2D eigenvalue weighted by Gasteiger charge is -2.34. The van der Waals surface area contributed by atoms with Crippen molar-refractivity contribution in [2.24, 2.45) is 5.92 Å². The van der Waals surface area contributed by atoms with Crippen LogP contribution in [0.25, 0.3) is 10.8 Å². The Hall–Kier alpha value is -2.11. The second kappa shape index (κ2) is 7.42. The van der Waals surface area contributed by atoms with Gasteiger partial charge in [0.25, 0.3) is 5.91 Å². The first-order valence-electron chi connectivity index (χ1n) is 8.92. The summed E-state index contributed by atoms with van der Waals surface area (Å²) in [7, 11) is 0. The van der Waals surface area contributed by atoms with E-state index in [0.29, 0.717) is 19.8 Å². The van der Waals surface area contributed by atoms with E-state index < -0.39 is 0 Å². The zero-order valence-corrected chi connectivity index (χ0v) is 14.2. The van der Waals surface area contributed by atoms with Gasteiger partial charge in [-0.25, -0.2) is 0 Å². The van der Waals surface area contributed by atoms with Crippen LogP contribution in [0.4, 0.5) is 0 Å². The summed E-state index contributed by atoms with van der Waals surface area (Å²) < 4.78 is 16.9. The Labute approximate surface area is 147 Å². The molecule has 0 aliphatic carbocycles. The molecule has 5 heteroatoms. The van der Waals surface area contributed by atoms with Gasteiger partial charge in [0.05, 0.1) is 13.2 Å². The summed E-state index contributed by atoms with van der Waals surface area (Å²) in [4.78, 5) is 14.4. The summed E-state index contributed by atoms with van der Waals surface area (Å²) in [6.07, 6.45) is 1.87. The fourth-order valence-corrected chi connectivity index (χ4v) is 3.60. The minimum Gasteiger partial charge on any atom is -0.484 e. The van der Waals surface area contributed by atoms with Gasteiger partial charge in [0.2, 0.25) is 0 Å². The molecule has 2 fully saturated rings. The second-order valence-electron chi connectivity index (χ2n) is 6.65. The molecule has 5 nitrogen and oxygen atoms in total. The van der Waals surface area contributed by atoms with E-state index >= 15 is 0 Å². The van der Waals surface area contributed by atoms with Gasteiger partial charge in [-0.05, 0) is 35.7 Å². The van der Waals surface area contributed by atoms with Crippen LogP contribution in [0.5, 0.6) is 5.75 Å². The molecule has 4 rings (SSSR count). The molecule has 0 aromatic heterocycles. The van der Waals surface area contributed by atoms with Crippen LogP contribution in [0, 0.1) is 5.92 Å². The van der Waals surface area contributed by atoms with Crippen molar-refractivity contribution in [1.82, 2.24) is 4.90 Å². The van der Waals surface area contributed by atoms with E-state index in [1.807, 2.05) is 41.3 Å². The number of carbonyl (C=O) groups excluding carboxylic acids is 1. The summed E-state index contributed by atoms with van der Waals surface area (Å²) in [5.74, 6) is 1.01. The highest BCUT2D eigenvalue weighted by atomic mass is 16.7.